The largest absolute Gasteiger partial charge is 0.478 e. The molecule has 0 aliphatic carbocycles. The van der Waals surface area contributed by atoms with Gasteiger partial charge >= 0.3 is 5.97 Å². The zero-order valence-electron chi connectivity index (χ0n) is 14.8. The van der Waals surface area contributed by atoms with Gasteiger partial charge in [0.25, 0.3) is 0 Å². The van der Waals surface area contributed by atoms with Crippen molar-refractivity contribution in [1.82, 2.24) is 10.2 Å². The first-order valence-corrected chi connectivity index (χ1v) is 8.77. The maximum atomic E-state index is 12.3. The third-order valence-corrected chi connectivity index (χ3v) is 4.56. The molecule has 136 valence electrons. The minimum absolute atomic E-state index is 0.00746. The van der Waals surface area contributed by atoms with Crippen molar-refractivity contribution in [3.8, 4) is 0 Å². The molecule has 1 fully saturated rings. The molecule has 25 heavy (non-hydrogen) atoms. The standard InChI is InChI=1S/C19H26N2O4/c1-13(2)18(23)21-10-7-15(8-11-21)17(22)20-9-6-14-4-3-5-16(12-14)19(24)25/h3-5,12-13,15H,6-11H2,1-2H3,(H,20,22)(H,24,25). The number of piperidine rings is 1. The van der Waals surface area contributed by atoms with E-state index in [4.69, 9.17) is 5.11 Å². The Morgan fingerprint density at radius 2 is 1.92 bits per heavy atom. The molecule has 0 atom stereocenters. The number of aromatic carboxylic acids is 1. The molecular formula is C19H26N2O4. The number of carbonyl (C=O) groups is 3. The van der Waals surface area contributed by atoms with Crippen molar-refractivity contribution in [3.05, 3.63) is 35.4 Å². The minimum atomic E-state index is -0.950. The lowest BCUT2D eigenvalue weighted by molar-refractivity contribution is -0.138. The average molecular weight is 346 g/mol. The van der Waals surface area contributed by atoms with E-state index in [1.54, 1.807) is 18.2 Å². The Hall–Kier alpha value is -2.37. The monoisotopic (exact) mass is 346 g/mol. The molecular weight excluding hydrogens is 320 g/mol. The summed E-state index contributed by atoms with van der Waals surface area (Å²) in [6, 6.07) is 6.75. The van der Waals surface area contributed by atoms with E-state index in [1.165, 1.54) is 0 Å². The number of hydrogen-bond donors (Lipinski definition) is 2. The number of likely N-dealkylation sites (tertiary alicyclic amines) is 1. The van der Waals surface area contributed by atoms with E-state index < -0.39 is 5.97 Å². The van der Waals surface area contributed by atoms with Gasteiger partial charge in [-0.3, -0.25) is 9.59 Å². The summed E-state index contributed by atoms with van der Waals surface area (Å²) in [4.78, 5) is 37.0. The van der Waals surface area contributed by atoms with Crippen molar-refractivity contribution in [2.24, 2.45) is 11.8 Å². The van der Waals surface area contributed by atoms with Crippen LogP contribution in [-0.4, -0.2) is 47.4 Å². The Morgan fingerprint density at radius 1 is 1.24 bits per heavy atom. The highest BCUT2D eigenvalue weighted by molar-refractivity contribution is 5.87. The lowest BCUT2D eigenvalue weighted by atomic mass is 9.95. The molecule has 0 aromatic heterocycles. The first kappa shape index (κ1) is 19.0. The number of amides is 2. The molecule has 1 aromatic carbocycles. The van der Waals surface area contributed by atoms with Crippen molar-refractivity contribution in [1.29, 1.82) is 0 Å². The van der Waals surface area contributed by atoms with Gasteiger partial charge in [0.2, 0.25) is 11.8 Å². The molecule has 1 saturated heterocycles. The molecule has 2 N–H and O–H groups in total. The second-order valence-corrected chi connectivity index (χ2v) is 6.80. The Labute approximate surface area is 148 Å². The third-order valence-electron chi connectivity index (χ3n) is 4.56. The quantitative estimate of drug-likeness (QED) is 0.824. The van der Waals surface area contributed by atoms with E-state index in [0.29, 0.717) is 38.9 Å². The number of carbonyl (C=O) groups excluding carboxylic acids is 2. The van der Waals surface area contributed by atoms with Crippen LogP contribution in [0.5, 0.6) is 0 Å². The molecule has 1 aliphatic heterocycles. The molecule has 0 radical (unpaired) electrons. The van der Waals surface area contributed by atoms with E-state index in [0.717, 1.165) is 5.56 Å². The van der Waals surface area contributed by atoms with Crippen LogP contribution in [0.1, 0.15) is 42.6 Å². The van der Waals surface area contributed by atoms with E-state index in [-0.39, 0.29) is 29.2 Å². The number of nitrogens with one attached hydrogen (secondary N) is 1. The summed E-state index contributed by atoms with van der Waals surface area (Å²) in [7, 11) is 0. The van der Waals surface area contributed by atoms with Crippen molar-refractivity contribution in [2.75, 3.05) is 19.6 Å². The van der Waals surface area contributed by atoms with Gasteiger partial charge in [-0.2, -0.15) is 0 Å². The number of benzene rings is 1. The van der Waals surface area contributed by atoms with Crippen molar-refractivity contribution >= 4 is 17.8 Å². The molecule has 0 saturated carbocycles. The van der Waals surface area contributed by atoms with E-state index in [1.807, 2.05) is 24.8 Å². The van der Waals surface area contributed by atoms with Crippen LogP contribution in [0.3, 0.4) is 0 Å². The zero-order chi connectivity index (χ0) is 18.4. The number of carboxylic acid groups (broad SMARTS) is 1. The number of nitrogens with zero attached hydrogens (tertiary/aromatic N) is 1. The van der Waals surface area contributed by atoms with Crippen LogP contribution in [0.15, 0.2) is 24.3 Å². The maximum Gasteiger partial charge on any atom is 0.335 e. The Morgan fingerprint density at radius 3 is 2.52 bits per heavy atom. The molecule has 2 amide bonds. The Balaban J connectivity index is 1.75. The summed E-state index contributed by atoms with van der Waals surface area (Å²) in [5.41, 5.74) is 1.14. The predicted molar refractivity (Wildman–Crippen MR) is 94.3 cm³/mol. The third kappa shape index (κ3) is 5.31. The SMILES string of the molecule is CC(C)C(=O)N1CCC(C(=O)NCCc2cccc(C(=O)O)c2)CC1. The molecule has 6 nitrogen and oxygen atoms in total. The summed E-state index contributed by atoms with van der Waals surface area (Å²) < 4.78 is 0. The lowest BCUT2D eigenvalue weighted by Gasteiger charge is -2.32. The predicted octanol–water partition coefficient (Wildman–Crippen LogP) is 1.94. The van der Waals surface area contributed by atoms with Gasteiger partial charge in [0.15, 0.2) is 0 Å². The Kier molecular flexibility index (Phi) is 6.56. The number of hydrogen-bond acceptors (Lipinski definition) is 3. The second kappa shape index (κ2) is 8.65. The average Bonchev–Trinajstić information content (AvgIpc) is 2.61. The van der Waals surface area contributed by atoms with Crippen LogP contribution in [0.4, 0.5) is 0 Å². The highest BCUT2D eigenvalue weighted by Crippen LogP contribution is 2.19. The van der Waals surface area contributed by atoms with Gasteiger partial charge in [0, 0.05) is 31.5 Å². The molecule has 0 unspecified atom stereocenters. The fraction of sp³-hybridized carbons (Fsp3) is 0.526. The smallest absolute Gasteiger partial charge is 0.335 e. The topological polar surface area (TPSA) is 86.7 Å². The minimum Gasteiger partial charge on any atom is -0.478 e. The normalized spacial score (nSPS) is 15.2. The maximum absolute atomic E-state index is 12.3. The van der Waals surface area contributed by atoms with E-state index in [2.05, 4.69) is 5.32 Å². The van der Waals surface area contributed by atoms with Crippen LogP contribution in [0, 0.1) is 11.8 Å². The molecule has 1 heterocycles. The van der Waals surface area contributed by atoms with Crippen LogP contribution in [0.2, 0.25) is 0 Å². The van der Waals surface area contributed by atoms with Crippen molar-refractivity contribution in [2.45, 2.75) is 33.1 Å². The second-order valence-electron chi connectivity index (χ2n) is 6.80. The fourth-order valence-electron chi connectivity index (χ4n) is 3.06. The number of rotatable bonds is 6. The molecule has 1 aliphatic rings. The van der Waals surface area contributed by atoms with E-state index >= 15 is 0 Å². The lowest BCUT2D eigenvalue weighted by Crippen LogP contribution is -2.44. The van der Waals surface area contributed by atoms with Gasteiger partial charge in [0.05, 0.1) is 5.56 Å². The van der Waals surface area contributed by atoms with Crippen LogP contribution >= 0.6 is 0 Å². The molecule has 2 rings (SSSR count). The summed E-state index contributed by atoms with van der Waals surface area (Å²) in [5, 5.41) is 11.9. The van der Waals surface area contributed by atoms with Gasteiger partial charge in [0.1, 0.15) is 0 Å². The molecule has 0 spiro atoms. The van der Waals surface area contributed by atoms with Gasteiger partial charge in [-0.05, 0) is 37.0 Å². The van der Waals surface area contributed by atoms with E-state index in [9.17, 15) is 14.4 Å². The first-order chi connectivity index (χ1) is 11.9. The van der Waals surface area contributed by atoms with Crippen LogP contribution < -0.4 is 5.32 Å². The highest BCUT2D eigenvalue weighted by Gasteiger charge is 2.27. The molecule has 1 aromatic rings. The van der Waals surface area contributed by atoms with Gasteiger partial charge in [-0.25, -0.2) is 4.79 Å². The summed E-state index contributed by atoms with van der Waals surface area (Å²) >= 11 is 0. The highest BCUT2D eigenvalue weighted by atomic mass is 16.4. The fourth-order valence-corrected chi connectivity index (χ4v) is 3.06. The summed E-state index contributed by atoms with van der Waals surface area (Å²) in [6.07, 6.45) is 1.98. The van der Waals surface area contributed by atoms with Crippen LogP contribution in [-0.2, 0) is 16.0 Å². The zero-order valence-corrected chi connectivity index (χ0v) is 14.8. The number of carboxylic acids is 1. The molecule has 6 heteroatoms. The van der Waals surface area contributed by atoms with Gasteiger partial charge < -0.3 is 15.3 Å². The summed E-state index contributed by atoms with van der Waals surface area (Å²) in [6.45, 7) is 5.53. The van der Waals surface area contributed by atoms with Gasteiger partial charge in [-0.1, -0.05) is 26.0 Å². The van der Waals surface area contributed by atoms with Crippen LogP contribution in [0.25, 0.3) is 0 Å². The van der Waals surface area contributed by atoms with Crippen molar-refractivity contribution < 1.29 is 19.5 Å². The van der Waals surface area contributed by atoms with Crippen molar-refractivity contribution in [3.63, 3.8) is 0 Å². The Bertz CT molecular complexity index is 634. The summed E-state index contributed by atoms with van der Waals surface area (Å²) in [5.74, 6) is -0.842. The first-order valence-electron chi connectivity index (χ1n) is 8.77. The molecule has 0 bridgehead atoms. The van der Waals surface area contributed by atoms with Gasteiger partial charge in [-0.15, -0.1) is 0 Å².